The predicted octanol–water partition coefficient (Wildman–Crippen LogP) is 2.16. The molecule has 0 atom stereocenters. The maximum Gasteiger partial charge on any atom is 0.257 e. The van der Waals surface area contributed by atoms with Crippen LogP contribution in [0.15, 0.2) is 18.2 Å². The lowest BCUT2D eigenvalue weighted by atomic mass is 9.97. The summed E-state index contributed by atoms with van der Waals surface area (Å²) < 4.78 is 10.7. The highest BCUT2D eigenvalue weighted by Crippen LogP contribution is 2.17. The van der Waals surface area contributed by atoms with Crippen molar-refractivity contribution in [1.29, 1.82) is 0 Å². The number of carbonyl (C=O) groups excluding carboxylic acids is 1. The van der Waals surface area contributed by atoms with Gasteiger partial charge in [0, 0.05) is 20.2 Å². The van der Waals surface area contributed by atoms with Crippen molar-refractivity contribution in [3.63, 3.8) is 0 Å². The Bertz CT molecular complexity index is 525. The van der Waals surface area contributed by atoms with Crippen LogP contribution in [0.25, 0.3) is 0 Å². The highest BCUT2D eigenvalue weighted by atomic mass is 16.5. The third-order valence-corrected chi connectivity index (χ3v) is 4.75. The third-order valence-electron chi connectivity index (χ3n) is 4.75. The van der Waals surface area contributed by atoms with Crippen LogP contribution in [0.5, 0.6) is 5.75 Å². The molecule has 0 bridgehead atoms. The zero-order chi connectivity index (χ0) is 17.4. The van der Waals surface area contributed by atoms with Crippen molar-refractivity contribution in [1.82, 2.24) is 10.2 Å². The second-order valence-electron chi connectivity index (χ2n) is 6.62. The quantitative estimate of drug-likeness (QED) is 0.791. The SMILES string of the molecule is COCCN1CCC(CNC(=O)COc2ccc(C)c(C)c2)CC1. The van der Waals surface area contributed by atoms with E-state index in [0.717, 1.165) is 51.4 Å². The van der Waals surface area contributed by atoms with Gasteiger partial charge < -0.3 is 19.7 Å². The van der Waals surface area contributed by atoms with Gasteiger partial charge in [0.25, 0.3) is 5.91 Å². The summed E-state index contributed by atoms with van der Waals surface area (Å²) in [7, 11) is 1.74. The van der Waals surface area contributed by atoms with Crippen LogP contribution in [-0.4, -0.2) is 57.3 Å². The lowest BCUT2D eigenvalue weighted by molar-refractivity contribution is -0.123. The number of methoxy groups -OCH3 is 1. The van der Waals surface area contributed by atoms with Crippen LogP contribution in [0.2, 0.25) is 0 Å². The van der Waals surface area contributed by atoms with Crippen molar-refractivity contribution in [3.8, 4) is 5.75 Å². The van der Waals surface area contributed by atoms with Crippen molar-refractivity contribution in [2.75, 3.05) is 46.5 Å². The Hall–Kier alpha value is -1.59. The number of aryl methyl sites for hydroxylation is 2. The highest BCUT2D eigenvalue weighted by Gasteiger charge is 2.19. The fourth-order valence-electron chi connectivity index (χ4n) is 2.90. The Morgan fingerprint density at radius 1 is 1.25 bits per heavy atom. The molecule has 0 spiro atoms. The zero-order valence-corrected chi connectivity index (χ0v) is 15.1. The smallest absolute Gasteiger partial charge is 0.257 e. The van der Waals surface area contributed by atoms with E-state index < -0.39 is 0 Å². The largest absolute Gasteiger partial charge is 0.484 e. The summed E-state index contributed by atoms with van der Waals surface area (Å²) in [6.07, 6.45) is 2.25. The van der Waals surface area contributed by atoms with E-state index in [1.807, 2.05) is 25.1 Å². The maximum absolute atomic E-state index is 12.0. The Labute approximate surface area is 145 Å². The van der Waals surface area contributed by atoms with Crippen LogP contribution in [0.1, 0.15) is 24.0 Å². The topological polar surface area (TPSA) is 50.8 Å². The predicted molar refractivity (Wildman–Crippen MR) is 95.5 cm³/mol. The number of hydrogen-bond acceptors (Lipinski definition) is 4. The van der Waals surface area contributed by atoms with E-state index in [1.54, 1.807) is 7.11 Å². The molecular weight excluding hydrogens is 304 g/mol. The lowest BCUT2D eigenvalue weighted by Gasteiger charge is -2.31. The fraction of sp³-hybridized carbons (Fsp3) is 0.632. The lowest BCUT2D eigenvalue weighted by Crippen LogP contribution is -2.40. The summed E-state index contributed by atoms with van der Waals surface area (Å²) in [4.78, 5) is 14.4. The van der Waals surface area contributed by atoms with Crippen LogP contribution >= 0.6 is 0 Å². The molecule has 0 radical (unpaired) electrons. The zero-order valence-electron chi connectivity index (χ0n) is 15.1. The molecule has 2 rings (SSSR count). The summed E-state index contributed by atoms with van der Waals surface area (Å²) in [6.45, 7) is 8.89. The number of carbonyl (C=O) groups is 1. The molecule has 0 aromatic heterocycles. The molecule has 1 aromatic rings. The number of amides is 1. The number of benzene rings is 1. The number of ether oxygens (including phenoxy) is 2. The standard InChI is InChI=1S/C19H30N2O3/c1-15-4-5-18(12-16(15)2)24-14-19(22)20-13-17-6-8-21(9-7-17)10-11-23-3/h4-5,12,17H,6-11,13-14H2,1-3H3,(H,20,22). The van der Waals surface area contributed by atoms with Gasteiger partial charge in [-0.15, -0.1) is 0 Å². The van der Waals surface area contributed by atoms with Gasteiger partial charge in [-0.1, -0.05) is 6.07 Å². The molecule has 1 amide bonds. The van der Waals surface area contributed by atoms with Gasteiger partial charge in [-0.3, -0.25) is 4.79 Å². The molecular formula is C19H30N2O3. The van der Waals surface area contributed by atoms with E-state index in [2.05, 4.69) is 17.1 Å². The number of rotatable bonds is 8. The molecule has 0 saturated carbocycles. The second kappa shape index (κ2) is 9.64. The van der Waals surface area contributed by atoms with Crippen LogP contribution < -0.4 is 10.1 Å². The molecule has 1 N–H and O–H groups in total. The Balaban J connectivity index is 1.62. The van der Waals surface area contributed by atoms with Gasteiger partial charge >= 0.3 is 0 Å². The molecule has 134 valence electrons. The van der Waals surface area contributed by atoms with Gasteiger partial charge in [0.2, 0.25) is 0 Å². The molecule has 1 aliphatic rings. The summed E-state index contributed by atoms with van der Waals surface area (Å²) in [6, 6.07) is 5.89. The summed E-state index contributed by atoms with van der Waals surface area (Å²) >= 11 is 0. The van der Waals surface area contributed by atoms with Crippen molar-refractivity contribution < 1.29 is 14.3 Å². The summed E-state index contributed by atoms with van der Waals surface area (Å²) in [5, 5.41) is 3.00. The number of hydrogen-bond donors (Lipinski definition) is 1. The second-order valence-corrected chi connectivity index (χ2v) is 6.62. The molecule has 1 fully saturated rings. The average molecular weight is 334 g/mol. The van der Waals surface area contributed by atoms with E-state index in [1.165, 1.54) is 11.1 Å². The minimum absolute atomic E-state index is 0.0463. The molecule has 24 heavy (non-hydrogen) atoms. The van der Waals surface area contributed by atoms with Crippen molar-refractivity contribution in [2.24, 2.45) is 5.92 Å². The molecule has 5 heteroatoms. The van der Waals surface area contributed by atoms with E-state index in [4.69, 9.17) is 9.47 Å². The fourth-order valence-corrected chi connectivity index (χ4v) is 2.90. The van der Waals surface area contributed by atoms with E-state index in [-0.39, 0.29) is 12.5 Å². The third kappa shape index (κ3) is 6.13. The molecule has 0 aliphatic carbocycles. The first-order valence-electron chi connectivity index (χ1n) is 8.76. The average Bonchev–Trinajstić information content (AvgIpc) is 2.60. The van der Waals surface area contributed by atoms with Crippen LogP contribution in [0.4, 0.5) is 0 Å². The normalized spacial score (nSPS) is 16.1. The summed E-state index contributed by atoms with van der Waals surface area (Å²) in [5.74, 6) is 1.27. The molecule has 1 aliphatic heterocycles. The van der Waals surface area contributed by atoms with Gasteiger partial charge in [-0.05, 0) is 69.0 Å². The Morgan fingerprint density at radius 3 is 2.67 bits per heavy atom. The Kier molecular flexibility index (Phi) is 7.53. The number of nitrogens with zero attached hydrogens (tertiary/aromatic N) is 1. The van der Waals surface area contributed by atoms with Gasteiger partial charge in [0.1, 0.15) is 5.75 Å². The highest BCUT2D eigenvalue weighted by molar-refractivity contribution is 5.77. The number of nitrogens with one attached hydrogen (secondary N) is 1. The van der Waals surface area contributed by atoms with E-state index in [0.29, 0.717) is 5.92 Å². The maximum atomic E-state index is 12.0. The van der Waals surface area contributed by atoms with Gasteiger partial charge in [0.15, 0.2) is 6.61 Å². The van der Waals surface area contributed by atoms with Crippen molar-refractivity contribution in [2.45, 2.75) is 26.7 Å². The van der Waals surface area contributed by atoms with E-state index >= 15 is 0 Å². The van der Waals surface area contributed by atoms with Crippen LogP contribution in [-0.2, 0) is 9.53 Å². The van der Waals surface area contributed by atoms with Gasteiger partial charge in [0.05, 0.1) is 6.61 Å². The Morgan fingerprint density at radius 2 is 2.00 bits per heavy atom. The van der Waals surface area contributed by atoms with Crippen molar-refractivity contribution >= 4 is 5.91 Å². The molecule has 1 saturated heterocycles. The van der Waals surface area contributed by atoms with E-state index in [9.17, 15) is 4.79 Å². The monoisotopic (exact) mass is 334 g/mol. The van der Waals surface area contributed by atoms with Gasteiger partial charge in [-0.2, -0.15) is 0 Å². The number of likely N-dealkylation sites (tertiary alicyclic amines) is 1. The van der Waals surface area contributed by atoms with Crippen molar-refractivity contribution in [3.05, 3.63) is 29.3 Å². The minimum atomic E-state index is -0.0463. The molecule has 5 nitrogen and oxygen atoms in total. The molecule has 1 heterocycles. The molecule has 0 unspecified atom stereocenters. The number of piperidine rings is 1. The first-order valence-corrected chi connectivity index (χ1v) is 8.76. The van der Waals surface area contributed by atoms with Gasteiger partial charge in [-0.25, -0.2) is 0 Å². The first kappa shape index (κ1) is 18.7. The minimum Gasteiger partial charge on any atom is -0.484 e. The summed E-state index contributed by atoms with van der Waals surface area (Å²) in [5.41, 5.74) is 2.40. The first-order chi connectivity index (χ1) is 11.6. The van der Waals surface area contributed by atoms with Crippen LogP contribution in [0.3, 0.4) is 0 Å². The van der Waals surface area contributed by atoms with Crippen LogP contribution in [0, 0.1) is 19.8 Å². The molecule has 1 aromatic carbocycles.